The number of methoxy groups -OCH3 is 2. The number of aryl methyl sites for hydroxylation is 2. The fourth-order valence-corrected chi connectivity index (χ4v) is 3.86. The third-order valence-electron chi connectivity index (χ3n) is 4.51. The first-order valence-electron chi connectivity index (χ1n) is 8.58. The van der Waals surface area contributed by atoms with Gasteiger partial charge in [0, 0.05) is 22.6 Å². The number of amides is 1. The number of benzene rings is 1. The fraction of sp³-hybridized carbons (Fsp3) is 0.238. The van der Waals surface area contributed by atoms with Crippen molar-refractivity contribution in [3.05, 3.63) is 51.4 Å². The van der Waals surface area contributed by atoms with Crippen LogP contribution in [-0.4, -0.2) is 26.1 Å². The average molecular weight is 399 g/mol. The van der Waals surface area contributed by atoms with E-state index in [1.807, 2.05) is 26.8 Å². The largest absolute Gasteiger partial charge is 0.496 e. The third-order valence-corrected chi connectivity index (χ3v) is 5.40. The van der Waals surface area contributed by atoms with Crippen LogP contribution in [0, 0.1) is 13.8 Å². The maximum absolute atomic E-state index is 12.5. The van der Waals surface area contributed by atoms with Gasteiger partial charge >= 0.3 is 5.97 Å². The number of allylic oxidation sites excluding steroid dienone is 1. The van der Waals surface area contributed by atoms with E-state index in [1.165, 1.54) is 24.5 Å². The van der Waals surface area contributed by atoms with Crippen molar-refractivity contribution in [3.63, 3.8) is 0 Å². The second-order valence-corrected chi connectivity index (χ2v) is 7.27. The molecule has 7 heteroatoms. The van der Waals surface area contributed by atoms with E-state index in [-0.39, 0.29) is 5.91 Å². The van der Waals surface area contributed by atoms with Crippen LogP contribution < -0.4 is 10.1 Å². The summed E-state index contributed by atoms with van der Waals surface area (Å²) in [5.74, 6) is -0.164. The van der Waals surface area contributed by atoms with Gasteiger partial charge in [-0.25, -0.2) is 4.79 Å². The molecule has 1 amide bonds. The number of nitrogens with one attached hydrogen (secondary N) is 1. The monoisotopic (exact) mass is 399 g/mol. The molecule has 146 valence electrons. The normalized spacial score (nSPS) is 11.5. The Bertz CT molecular complexity index is 1090. The molecule has 0 spiro atoms. The first-order valence-corrected chi connectivity index (χ1v) is 9.46. The molecular formula is C21H21NO5S. The van der Waals surface area contributed by atoms with Gasteiger partial charge in [-0.05, 0) is 49.4 Å². The lowest BCUT2D eigenvalue weighted by Gasteiger charge is -2.13. The van der Waals surface area contributed by atoms with Gasteiger partial charge < -0.3 is 19.2 Å². The highest BCUT2D eigenvalue weighted by atomic mass is 32.1. The summed E-state index contributed by atoms with van der Waals surface area (Å²) in [6.45, 7) is 5.74. The molecule has 2 heterocycles. The summed E-state index contributed by atoms with van der Waals surface area (Å²) >= 11 is 1.21. The van der Waals surface area contributed by atoms with Gasteiger partial charge in [0.2, 0.25) is 5.91 Å². The quantitative estimate of drug-likeness (QED) is 0.485. The summed E-state index contributed by atoms with van der Waals surface area (Å²) in [6.07, 6.45) is 3.19. The lowest BCUT2D eigenvalue weighted by atomic mass is 9.98. The van der Waals surface area contributed by atoms with Crippen LogP contribution in [0.4, 0.5) is 5.69 Å². The summed E-state index contributed by atoms with van der Waals surface area (Å²) < 4.78 is 15.9. The van der Waals surface area contributed by atoms with Crippen molar-refractivity contribution < 1.29 is 23.5 Å². The van der Waals surface area contributed by atoms with Crippen molar-refractivity contribution in [1.29, 1.82) is 0 Å². The van der Waals surface area contributed by atoms with Crippen LogP contribution in [0.1, 0.15) is 33.3 Å². The van der Waals surface area contributed by atoms with E-state index in [4.69, 9.17) is 13.9 Å². The van der Waals surface area contributed by atoms with Crippen molar-refractivity contribution in [3.8, 4) is 5.75 Å². The second kappa shape index (κ2) is 7.90. The summed E-state index contributed by atoms with van der Waals surface area (Å²) in [7, 11) is 2.90. The van der Waals surface area contributed by atoms with Crippen molar-refractivity contribution in [2.75, 3.05) is 19.5 Å². The number of anilines is 1. The molecule has 2 aromatic heterocycles. The van der Waals surface area contributed by atoms with Gasteiger partial charge in [0.1, 0.15) is 16.2 Å². The minimum Gasteiger partial charge on any atom is -0.496 e. The van der Waals surface area contributed by atoms with Crippen LogP contribution in [0.15, 0.2) is 34.3 Å². The van der Waals surface area contributed by atoms with Gasteiger partial charge in [-0.3, -0.25) is 4.79 Å². The predicted molar refractivity (Wildman–Crippen MR) is 110 cm³/mol. The number of hydrogen-bond donors (Lipinski definition) is 1. The van der Waals surface area contributed by atoms with Crippen LogP contribution in [0.5, 0.6) is 5.75 Å². The van der Waals surface area contributed by atoms with Crippen LogP contribution in [0.25, 0.3) is 16.5 Å². The fourth-order valence-electron chi connectivity index (χ4n) is 3.10. The molecule has 6 nitrogen and oxygen atoms in total. The molecule has 1 N–H and O–H groups in total. The summed E-state index contributed by atoms with van der Waals surface area (Å²) in [4.78, 5) is 24.6. The number of furan rings is 1. The third kappa shape index (κ3) is 3.53. The lowest BCUT2D eigenvalue weighted by Crippen LogP contribution is -2.11. The number of fused-ring (bicyclic) bond motifs is 1. The Morgan fingerprint density at radius 1 is 1.25 bits per heavy atom. The molecule has 3 rings (SSSR count). The first-order chi connectivity index (χ1) is 13.4. The Kier molecular flexibility index (Phi) is 5.56. The number of carbonyl (C=O) groups excluding carboxylic acids is 2. The summed E-state index contributed by atoms with van der Waals surface area (Å²) in [5, 5.41) is 5.44. The Labute approximate surface area is 166 Å². The van der Waals surface area contributed by atoms with Crippen molar-refractivity contribution in [2.45, 2.75) is 20.8 Å². The molecule has 0 bridgehead atoms. The van der Waals surface area contributed by atoms with Gasteiger partial charge in [0.25, 0.3) is 0 Å². The smallest absolute Gasteiger partial charge is 0.350 e. The maximum atomic E-state index is 12.5. The van der Waals surface area contributed by atoms with Gasteiger partial charge in [0.15, 0.2) is 0 Å². The van der Waals surface area contributed by atoms with E-state index in [1.54, 1.807) is 24.8 Å². The molecule has 0 aliphatic heterocycles. The van der Waals surface area contributed by atoms with Gasteiger partial charge in [-0.1, -0.05) is 0 Å². The van der Waals surface area contributed by atoms with E-state index < -0.39 is 5.97 Å². The zero-order chi connectivity index (χ0) is 20.4. The Hall–Kier alpha value is -3.06. The number of rotatable bonds is 5. The zero-order valence-electron chi connectivity index (χ0n) is 16.3. The predicted octanol–water partition coefficient (Wildman–Crippen LogP) is 4.95. The molecule has 0 fully saturated rings. The molecule has 0 aliphatic rings. The van der Waals surface area contributed by atoms with Crippen molar-refractivity contribution in [2.24, 2.45) is 0 Å². The minimum absolute atomic E-state index is 0.343. The van der Waals surface area contributed by atoms with Gasteiger partial charge in [-0.2, -0.15) is 0 Å². The van der Waals surface area contributed by atoms with E-state index in [2.05, 4.69) is 5.32 Å². The SMILES string of the molecule is COC(=O)c1sccc1NC(=O)/C=C(\C)c1cc2c(C)coc2c(C)c1OC. The Balaban J connectivity index is 1.95. The Morgan fingerprint density at radius 2 is 2.00 bits per heavy atom. The van der Waals surface area contributed by atoms with Crippen LogP contribution in [-0.2, 0) is 9.53 Å². The maximum Gasteiger partial charge on any atom is 0.350 e. The minimum atomic E-state index is -0.482. The molecule has 1 aromatic carbocycles. The molecule has 0 saturated heterocycles. The zero-order valence-corrected chi connectivity index (χ0v) is 17.2. The molecule has 28 heavy (non-hydrogen) atoms. The van der Waals surface area contributed by atoms with E-state index in [9.17, 15) is 9.59 Å². The van der Waals surface area contributed by atoms with Gasteiger partial charge in [0.05, 0.1) is 26.2 Å². The van der Waals surface area contributed by atoms with Crippen LogP contribution in [0.3, 0.4) is 0 Å². The molecule has 0 unspecified atom stereocenters. The van der Waals surface area contributed by atoms with E-state index in [0.29, 0.717) is 16.3 Å². The number of ether oxygens (including phenoxy) is 2. The number of hydrogen-bond acceptors (Lipinski definition) is 6. The highest BCUT2D eigenvalue weighted by Crippen LogP contribution is 2.37. The number of esters is 1. The molecule has 0 aliphatic carbocycles. The molecular weight excluding hydrogens is 378 g/mol. The Morgan fingerprint density at radius 3 is 2.68 bits per heavy atom. The number of carbonyl (C=O) groups is 2. The van der Waals surface area contributed by atoms with Crippen molar-refractivity contribution in [1.82, 2.24) is 0 Å². The molecule has 0 radical (unpaired) electrons. The standard InChI is InChI=1S/C21H21NO5S/c1-11(8-17(23)22-16-6-7-28-20(16)21(24)26-5)14-9-15-12(2)10-27-19(15)13(3)18(14)25-4/h6-10H,1-5H3,(H,22,23)/b11-8+. The highest BCUT2D eigenvalue weighted by Gasteiger charge is 2.18. The molecule has 3 aromatic rings. The van der Waals surface area contributed by atoms with Gasteiger partial charge in [-0.15, -0.1) is 11.3 Å². The second-order valence-electron chi connectivity index (χ2n) is 6.35. The topological polar surface area (TPSA) is 77.8 Å². The summed E-state index contributed by atoms with van der Waals surface area (Å²) in [5.41, 5.74) is 4.63. The lowest BCUT2D eigenvalue weighted by molar-refractivity contribution is -0.111. The summed E-state index contributed by atoms with van der Waals surface area (Å²) in [6, 6.07) is 3.63. The van der Waals surface area contributed by atoms with Crippen LogP contribution >= 0.6 is 11.3 Å². The van der Waals surface area contributed by atoms with Crippen LogP contribution in [0.2, 0.25) is 0 Å². The van der Waals surface area contributed by atoms with Crippen molar-refractivity contribution >= 4 is 45.4 Å². The van der Waals surface area contributed by atoms with E-state index >= 15 is 0 Å². The first kappa shape index (κ1) is 19.7. The average Bonchev–Trinajstić information content (AvgIpc) is 3.27. The van der Waals surface area contributed by atoms with E-state index in [0.717, 1.165) is 33.2 Å². The number of thiophene rings is 1. The molecule has 0 atom stereocenters. The highest BCUT2D eigenvalue weighted by molar-refractivity contribution is 7.12. The molecule has 0 saturated carbocycles.